The predicted octanol–water partition coefficient (Wildman–Crippen LogP) is 11.0. The van der Waals surface area contributed by atoms with E-state index in [-0.39, 0.29) is 13.7 Å². The van der Waals surface area contributed by atoms with E-state index >= 15 is 0 Å². The molecule has 59 heavy (non-hydrogen) atoms. The third-order valence-corrected chi connectivity index (χ3v) is 11.9. The van der Waals surface area contributed by atoms with Crippen LogP contribution in [0.1, 0.15) is 0 Å². The highest BCUT2D eigenvalue weighted by atomic mass is 15.2. The number of rotatable bonds is 7. The van der Waals surface area contributed by atoms with Gasteiger partial charge in [0.05, 0.1) is 5.69 Å². The molecule has 0 spiro atoms. The molecule has 11 rings (SSSR count). The minimum atomic E-state index is -0.139. The van der Waals surface area contributed by atoms with Crippen molar-refractivity contribution in [1.82, 2.24) is 0 Å². The minimum absolute atomic E-state index is 0.139. The molecule has 3 nitrogen and oxygen atoms in total. The highest BCUT2D eigenvalue weighted by molar-refractivity contribution is 6.94. The monoisotopic (exact) mass is 751 g/mol. The van der Waals surface area contributed by atoms with E-state index in [9.17, 15) is 0 Å². The third-order valence-electron chi connectivity index (χ3n) is 11.9. The highest BCUT2D eigenvalue weighted by Gasteiger charge is 2.45. The fraction of sp³-hybridized carbons (Fsp3) is 0. The van der Waals surface area contributed by atoms with Gasteiger partial charge in [-0.3, -0.25) is 0 Å². The second kappa shape index (κ2) is 14.8. The van der Waals surface area contributed by atoms with E-state index in [0.29, 0.717) is 0 Å². The first-order valence-electron chi connectivity index (χ1n) is 20.4. The lowest BCUT2D eigenvalue weighted by Gasteiger charge is -2.45. The first-order chi connectivity index (χ1) is 29.3. The number of benzene rings is 9. The molecule has 0 N–H and O–H groups in total. The molecule has 0 atom stereocenters. The summed E-state index contributed by atoms with van der Waals surface area (Å²) in [6, 6.07) is 86.4. The Morgan fingerprint density at radius 1 is 0.322 bits per heavy atom. The zero-order chi connectivity index (χ0) is 39.1. The Labute approximate surface area is 347 Å². The van der Waals surface area contributed by atoms with Gasteiger partial charge in [0.15, 0.2) is 0 Å². The van der Waals surface area contributed by atoms with Crippen LogP contribution in [0.2, 0.25) is 0 Å². The van der Waals surface area contributed by atoms with Crippen molar-refractivity contribution in [2.24, 2.45) is 0 Å². The summed E-state index contributed by atoms with van der Waals surface area (Å²) in [5.74, 6) is 0. The van der Waals surface area contributed by atoms with Gasteiger partial charge in [0, 0.05) is 56.4 Å². The van der Waals surface area contributed by atoms with Gasteiger partial charge in [-0.25, -0.2) is 0 Å². The van der Waals surface area contributed by atoms with Gasteiger partial charge in [-0.2, -0.15) is 0 Å². The number of nitrogens with zero attached hydrogens (tertiary/aromatic N) is 3. The number of anilines is 7. The van der Waals surface area contributed by atoms with Crippen molar-refractivity contribution in [2.45, 2.75) is 0 Å². The number of fused-ring (bicyclic) bond motifs is 6. The number of para-hydroxylation sites is 6. The average molecular weight is 752 g/mol. The van der Waals surface area contributed by atoms with Gasteiger partial charge in [0.1, 0.15) is 0 Å². The third kappa shape index (κ3) is 5.85. The largest absolute Gasteiger partial charge is 0.376 e. The van der Waals surface area contributed by atoms with E-state index in [1.165, 1.54) is 61.2 Å². The summed E-state index contributed by atoms with van der Waals surface area (Å²) in [4.78, 5) is 7.63. The van der Waals surface area contributed by atoms with Crippen LogP contribution >= 0.6 is 0 Å². The Hall–Kier alpha value is -7.49. The fourth-order valence-corrected chi connectivity index (χ4v) is 9.52. The lowest BCUT2D eigenvalue weighted by molar-refractivity contribution is 1.27. The zero-order valence-electron chi connectivity index (χ0n) is 32.5. The first-order valence-corrected chi connectivity index (χ1v) is 20.4. The van der Waals surface area contributed by atoms with Gasteiger partial charge in [-0.15, -0.1) is 0 Å². The standard InChI is InChI=1S/C54H39B2N3/c1-7-23-40(24-8-1)55-48-39-49-53(47-36-20-22-38-51(47)59(45-33-17-6-18-34-45)56(49)41-25-9-2-10-26-41)54(57(42-27-11-3-12-28-42)43-29-13-4-14-30-43)52(48)46-35-19-21-37-50(46)58(55)44-31-15-5-16-32-44/h1-39H. The zero-order valence-corrected chi connectivity index (χ0v) is 32.5. The molecule has 276 valence electrons. The predicted molar refractivity (Wildman–Crippen MR) is 252 cm³/mol. The number of hydrogen-bond acceptors (Lipinski definition) is 3. The summed E-state index contributed by atoms with van der Waals surface area (Å²) in [7, 11) is 0. The van der Waals surface area contributed by atoms with Crippen molar-refractivity contribution >= 4 is 75.4 Å². The van der Waals surface area contributed by atoms with Crippen molar-refractivity contribution in [3.05, 3.63) is 237 Å². The smallest absolute Gasteiger partial charge is 0.328 e. The average Bonchev–Trinajstić information content (AvgIpc) is 3.32. The summed E-state index contributed by atoms with van der Waals surface area (Å²) in [6.07, 6.45) is 0. The van der Waals surface area contributed by atoms with Gasteiger partial charge in [-0.1, -0.05) is 187 Å². The Morgan fingerprint density at radius 3 is 1.03 bits per heavy atom. The van der Waals surface area contributed by atoms with Gasteiger partial charge in [0.2, 0.25) is 0 Å². The highest BCUT2D eigenvalue weighted by Crippen LogP contribution is 2.53. The molecular formula is C54H39B2N3. The molecule has 0 aromatic heterocycles. The van der Waals surface area contributed by atoms with Crippen molar-refractivity contribution in [1.29, 1.82) is 0 Å². The van der Waals surface area contributed by atoms with Gasteiger partial charge < -0.3 is 14.5 Å². The molecule has 0 saturated carbocycles. The maximum atomic E-state index is 2.56. The lowest BCUT2D eigenvalue weighted by atomic mass is 9.41. The molecule has 2 heterocycles. The number of hydrogen-bond donors (Lipinski definition) is 0. The van der Waals surface area contributed by atoms with E-state index in [1.807, 2.05) is 0 Å². The Morgan fingerprint density at radius 2 is 0.644 bits per heavy atom. The summed E-state index contributed by atoms with van der Waals surface area (Å²) < 4.78 is 0. The van der Waals surface area contributed by atoms with Gasteiger partial charge >= 0.3 is 13.7 Å². The maximum absolute atomic E-state index is 2.56. The fourth-order valence-electron chi connectivity index (χ4n) is 9.52. The second-order valence-electron chi connectivity index (χ2n) is 15.2. The van der Waals surface area contributed by atoms with Crippen LogP contribution in [0.5, 0.6) is 0 Å². The molecule has 0 amide bonds. The van der Waals surface area contributed by atoms with Crippen LogP contribution in [-0.4, -0.2) is 13.7 Å². The molecule has 0 fully saturated rings. The molecule has 9 aromatic rings. The Kier molecular flexibility index (Phi) is 8.70. The van der Waals surface area contributed by atoms with E-state index < -0.39 is 0 Å². The molecule has 2 aliphatic rings. The van der Waals surface area contributed by atoms with Crippen LogP contribution < -0.4 is 36.4 Å². The minimum Gasteiger partial charge on any atom is -0.376 e. The molecular weight excluding hydrogens is 712 g/mol. The molecule has 0 aliphatic carbocycles. The molecule has 0 unspecified atom stereocenters. The van der Waals surface area contributed by atoms with Crippen molar-refractivity contribution < 1.29 is 0 Å². The van der Waals surface area contributed by atoms with Crippen molar-refractivity contribution in [3.63, 3.8) is 0 Å². The summed E-state index contributed by atoms with van der Waals surface area (Å²) in [5, 5.41) is 0. The summed E-state index contributed by atoms with van der Waals surface area (Å²) in [6.45, 7) is -0.278. The summed E-state index contributed by atoms with van der Waals surface area (Å²) in [5.41, 5.74) is 17.9. The van der Waals surface area contributed by atoms with Crippen molar-refractivity contribution in [3.8, 4) is 22.3 Å². The molecule has 0 radical (unpaired) electrons. The van der Waals surface area contributed by atoms with Gasteiger partial charge in [0.25, 0.3) is 0 Å². The van der Waals surface area contributed by atoms with Crippen LogP contribution in [0.4, 0.5) is 39.8 Å². The molecule has 9 aromatic carbocycles. The normalized spacial score (nSPS) is 12.6. The molecule has 2 aliphatic heterocycles. The summed E-state index contributed by atoms with van der Waals surface area (Å²) >= 11 is 0. The topological polar surface area (TPSA) is 9.72 Å². The first kappa shape index (κ1) is 34.7. The second-order valence-corrected chi connectivity index (χ2v) is 15.2. The van der Waals surface area contributed by atoms with E-state index in [4.69, 9.17) is 0 Å². The van der Waals surface area contributed by atoms with Gasteiger partial charge in [-0.05, 0) is 71.6 Å². The van der Waals surface area contributed by atoms with Crippen LogP contribution in [0, 0.1) is 0 Å². The molecule has 0 bridgehead atoms. The van der Waals surface area contributed by atoms with Crippen molar-refractivity contribution in [2.75, 3.05) is 14.5 Å². The van der Waals surface area contributed by atoms with Crippen LogP contribution in [0.15, 0.2) is 237 Å². The van der Waals surface area contributed by atoms with Crippen LogP contribution in [-0.2, 0) is 0 Å². The van der Waals surface area contributed by atoms with E-state index in [2.05, 4.69) is 251 Å². The molecule has 0 saturated heterocycles. The Balaban J connectivity index is 1.36. The van der Waals surface area contributed by atoms with E-state index in [0.717, 1.165) is 22.7 Å². The van der Waals surface area contributed by atoms with Crippen LogP contribution in [0.25, 0.3) is 22.3 Å². The van der Waals surface area contributed by atoms with Crippen LogP contribution in [0.3, 0.4) is 0 Å². The van der Waals surface area contributed by atoms with E-state index in [1.54, 1.807) is 0 Å². The lowest BCUT2D eigenvalue weighted by Crippen LogP contribution is -2.62. The molecule has 5 heteroatoms. The quantitative estimate of drug-likeness (QED) is 0.150. The maximum Gasteiger partial charge on any atom is 0.328 e. The Bertz CT molecular complexity index is 2700. The SMILES string of the molecule is c1ccc(B2c3cc4c(c(N(c5ccccc5)c5ccccc5)c3-c3ccccc3N2c2ccccc2)-c2ccccc2N(c2ccccc2)B4c2ccccc2)cc1.